The topological polar surface area (TPSA) is 65.0 Å². The summed E-state index contributed by atoms with van der Waals surface area (Å²) in [5.41, 5.74) is 0.645. The van der Waals surface area contributed by atoms with E-state index in [1.54, 1.807) is 18.2 Å². The third-order valence-corrected chi connectivity index (χ3v) is 3.31. The van der Waals surface area contributed by atoms with Crippen LogP contribution >= 0.6 is 0 Å². The van der Waals surface area contributed by atoms with E-state index >= 15 is 0 Å². The Hall–Kier alpha value is -2.69. The second-order valence-corrected chi connectivity index (χ2v) is 4.99. The molecule has 0 aliphatic carbocycles. The van der Waals surface area contributed by atoms with Crippen LogP contribution in [0.2, 0.25) is 0 Å². The molecule has 114 valence electrons. The molecule has 0 bridgehead atoms. The van der Waals surface area contributed by atoms with Gasteiger partial charge in [-0.3, -0.25) is 4.79 Å². The van der Waals surface area contributed by atoms with Crippen LogP contribution < -0.4 is 14.2 Å². The van der Waals surface area contributed by atoms with E-state index in [0.717, 1.165) is 5.75 Å². The molecule has 1 unspecified atom stereocenters. The quantitative estimate of drug-likeness (QED) is 0.919. The van der Waals surface area contributed by atoms with Crippen LogP contribution in [0.1, 0.15) is 5.56 Å². The number of para-hydroxylation sites is 3. The summed E-state index contributed by atoms with van der Waals surface area (Å²) in [5, 5.41) is 8.92. The zero-order chi connectivity index (χ0) is 15.4. The van der Waals surface area contributed by atoms with Crippen LogP contribution in [0.5, 0.6) is 17.2 Å². The summed E-state index contributed by atoms with van der Waals surface area (Å²) in [4.78, 5) is 10.9. The van der Waals surface area contributed by atoms with Gasteiger partial charge in [0.1, 0.15) is 19.0 Å². The van der Waals surface area contributed by atoms with Gasteiger partial charge in [-0.15, -0.1) is 0 Å². The maximum absolute atomic E-state index is 10.9. The zero-order valence-electron chi connectivity index (χ0n) is 11.9. The van der Waals surface area contributed by atoms with Crippen LogP contribution in [-0.4, -0.2) is 30.4 Å². The summed E-state index contributed by atoms with van der Waals surface area (Å²) in [6, 6.07) is 14.6. The molecule has 5 nitrogen and oxygen atoms in total. The van der Waals surface area contributed by atoms with Crippen molar-refractivity contribution in [1.82, 2.24) is 0 Å². The summed E-state index contributed by atoms with van der Waals surface area (Å²) in [7, 11) is 0. The number of carboxylic acids is 1. The first-order valence-corrected chi connectivity index (χ1v) is 7.03. The molecule has 2 aromatic rings. The minimum absolute atomic E-state index is 0.0684. The van der Waals surface area contributed by atoms with Crippen molar-refractivity contribution < 1.29 is 24.1 Å². The van der Waals surface area contributed by atoms with Crippen molar-refractivity contribution in [3.05, 3.63) is 54.1 Å². The molecule has 1 aliphatic heterocycles. The van der Waals surface area contributed by atoms with Gasteiger partial charge in [0.15, 0.2) is 17.6 Å². The number of hydrogen-bond acceptors (Lipinski definition) is 4. The number of ether oxygens (including phenoxy) is 3. The van der Waals surface area contributed by atoms with Gasteiger partial charge >= 0.3 is 5.97 Å². The molecular formula is C17H16O5. The number of rotatable bonds is 5. The van der Waals surface area contributed by atoms with Gasteiger partial charge in [-0.25, -0.2) is 0 Å². The fraction of sp³-hybridized carbons (Fsp3) is 0.235. The largest absolute Gasteiger partial charge is 0.489 e. The molecule has 0 spiro atoms. The predicted molar refractivity (Wildman–Crippen MR) is 79.6 cm³/mol. The molecule has 5 heteroatoms. The van der Waals surface area contributed by atoms with Crippen LogP contribution in [0.15, 0.2) is 48.5 Å². The average Bonchev–Trinajstić information content (AvgIpc) is 2.53. The molecule has 0 saturated carbocycles. The number of carbonyl (C=O) groups is 1. The highest BCUT2D eigenvalue weighted by Crippen LogP contribution is 2.31. The lowest BCUT2D eigenvalue weighted by atomic mass is 10.1. The first-order valence-electron chi connectivity index (χ1n) is 7.03. The number of fused-ring (bicyclic) bond motifs is 1. The Labute approximate surface area is 128 Å². The number of aliphatic carboxylic acids is 1. The van der Waals surface area contributed by atoms with Gasteiger partial charge in [0, 0.05) is 5.56 Å². The third kappa shape index (κ3) is 3.31. The van der Waals surface area contributed by atoms with Crippen molar-refractivity contribution in [2.75, 3.05) is 13.2 Å². The first kappa shape index (κ1) is 14.3. The molecule has 0 radical (unpaired) electrons. The maximum Gasteiger partial charge on any atom is 0.307 e. The van der Waals surface area contributed by atoms with Crippen molar-refractivity contribution in [3.8, 4) is 17.2 Å². The van der Waals surface area contributed by atoms with Crippen molar-refractivity contribution >= 4 is 5.97 Å². The number of benzene rings is 2. The Morgan fingerprint density at radius 2 is 1.86 bits per heavy atom. The standard InChI is InChI=1S/C17H16O5/c18-17(19)9-12-5-1-2-6-14(12)20-10-13-11-21-15-7-3-4-8-16(15)22-13/h1-8,13H,9-11H2,(H,18,19). The van der Waals surface area contributed by atoms with Crippen LogP contribution in [0.4, 0.5) is 0 Å². The highest BCUT2D eigenvalue weighted by molar-refractivity contribution is 5.71. The molecule has 2 aromatic carbocycles. The zero-order valence-corrected chi connectivity index (χ0v) is 11.9. The molecule has 0 amide bonds. The highest BCUT2D eigenvalue weighted by Gasteiger charge is 2.21. The van der Waals surface area contributed by atoms with Gasteiger partial charge in [-0.05, 0) is 18.2 Å². The Kier molecular flexibility index (Phi) is 4.14. The Balaban J connectivity index is 1.63. The Morgan fingerprint density at radius 1 is 1.14 bits per heavy atom. The predicted octanol–water partition coefficient (Wildman–Crippen LogP) is 2.53. The molecule has 0 saturated heterocycles. The van der Waals surface area contributed by atoms with Gasteiger partial charge in [-0.1, -0.05) is 30.3 Å². The van der Waals surface area contributed by atoms with Crippen molar-refractivity contribution in [3.63, 3.8) is 0 Å². The second kappa shape index (κ2) is 6.39. The van der Waals surface area contributed by atoms with Crippen LogP contribution in [0.25, 0.3) is 0 Å². The summed E-state index contributed by atoms with van der Waals surface area (Å²) in [6.07, 6.45) is -0.297. The maximum atomic E-state index is 10.9. The van der Waals surface area contributed by atoms with E-state index in [0.29, 0.717) is 30.3 Å². The molecule has 22 heavy (non-hydrogen) atoms. The molecule has 3 rings (SSSR count). The van der Waals surface area contributed by atoms with E-state index < -0.39 is 5.97 Å². The minimum atomic E-state index is -0.887. The van der Waals surface area contributed by atoms with Gasteiger partial charge in [0.25, 0.3) is 0 Å². The van der Waals surface area contributed by atoms with E-state index in [2.05, 4.69) is 0 Å². The molecule has 0 aromatic heterocycles. The minimum Gasteiger partial charge on any atom is -0.489 e. The van der Waals surface area contributed by atoms with Crippen LogP contribution in [-0.2, 0) is 11.2 Å². The van der Waals surface area contributed by atoms with E-state index in [4.69, 9.17) is 19.3 Å². The van der Waals surface area contributed by atoms with Crippen molar-refractivity contribution in [1.29, 1.82) is 0 Å². The summed E-state index contributed by atoms with van der Waals surface area (Å²) < 4.78 is 17.2. The lowest BCUT2D eigenvalue weighted by Crippen LogP contribution is -2.34. The van der Waals surface area contributed by atoms with Gasteiger partial charge < -0.3 is 19.3 Å². The van der Waals surface area contributed by atoms with Gasteiger partial charge in [-0.2, -0.15) is 0 Å². The average molecular weight is 300 g/mol. The van der Waals surface area contributed by atoms with Crippen molar-refractivity contribution in [2.24, 2.45) is 0 Å². The lowest BCUT2D eigenvalue weighted by molar-refractivity contribution is -0.136. The normalized spacial score (nSPS) is 16.1. The van der Waals surface area contributed by atoms with Gasteiger partial charge in [0.2, 0.25) is 0 Å². The highest BCUT2D eigenvalue weighted by atomic mass is 16.6. The van der Waals surface area contributed by atoms with Gasteiger partial charge in [0.05, 0.1) is 6.42 Å². The SMILES string of the molecule is O=C(O)Cc1ccccc1OCC1COc2ccccc2O1. The fourth-order valence-corrected chi connectivity index (χ4v) is 2.28. The number of hydrogen-bond donors (Lipinski definition) is 1. The Bertz CT molecular complexity index is 668. The second-order valence-electron chi connectivity index (χ2n) is 4.99. The molecule has 1 aliphatic rings. The summed E-state index contributed by atoms with van der Waals surface area (Å²) >= 11 is 0. The Morgan fingerprint density at radius 3 is 2.68 bits per heavy atom. The van der Waals surface area contributed by atoms with E-state index in [1.165, 1.54) is 0 Å². The molecular weight excluding hydrogens is 284 g/mol. The molecule has 1 N–H and O–H groups in total. The third-order valence-electron chi connectivity index (χ3n) is 3.31. The smallest absolute Gasteiger partial charge is 0.307 e. The molecule has 1 heterocycles. The van der Waals surface area contributed by atoms with Crippen LogP contribution in [0.3, 0.4) is 0 Å². The summed E-state index contributed by atoms with van der Waals surface area (Å²) in [5.74, 6) is 1.10. The fourth-order valence-electron chi connectivity index (χ4n) is 2.28. The molecule has 0 fully saturated rings. The van der Waals surface area contributed by atoms with E-state index in [1.807, 2.05) is 30.3 Å². The summed E-state index contributed by atoms with van der Waals surface area (Å²) in [6.45, 7) is 0.697. The van der Waals surface area contributed by atoms with Crippen molar-refractivity contribution in [2.45, 2.75) is 12.5 Å². The van der Waals surface area contributed by atoms with E-state index in [-0.39, 0.29) is 12.5 Å². The molecule has 1 atom stereocenters. The monoisotopic (exact) mass is 300 g/mol. The lowest BCUT2D eigenvalue weighted by Gasteiger charge is -2.26. The van der Waals surface area contributed by atoms with E-state index in [9.17, 15) is 4.79 Å². The van der Waals surface area contributed by atoms with Crippen LogP contribution in [0, 0.1) is 0 Å². The number of carboxylic acid groups (broad SMARTS) is 1. The first-order chi connectivity index (χ1) is 10.7.